The molecule has 1 aliphatic carbocycles. The third-order valence-electron chi connectivity index (χ3n) is 5.22. The summed E-state index contributed by atoms with van der Waals surface area (Å²) in [5, 5.41) is 12.7. The molecule has 1 atom stereocenters. The topological polar surface area (TPSA) is 105 Å². The van der Waals surface area contributed by atoms with Crippen LogP contribution in [0.3, 0.4) is 0 Å². The number of benzene rings is 1. The van der Waals surface area contributed by atoms with Crippen molar-refractivity contribution in [1.82, 2.24) is 0 Å². The number of halogens is 2. The maximum Gasteiger partial charge on any atom is 0.245 e. The van der Waals surface area contributed by atoms with Gasteiger partial charge in [-0.25, -0.2) is 0 Å². The SMILES string of the molecule is CC1(C)CC(=O)C2=C(C1)OC(N)=C(C#N)C21C(=O)Nc2c(Br)cc(Br)cc21. The van der Waals surface area contributed by atoms with Gasteiger partial charge in [0.1, 0.15) is 22.8 Å². The molecule has 1 aromatic carbocycles. The monoisotopic (exact) mass is 491 g/mol. The van der Waals surface area contributed by atoms with Crippen molar-refractivity contribution in [3.8, 4) is 6.07 Å². The van der Waals surface area contributed by atoms with E-state index in [9.17, 15) is 14.9 Å². The fraction of sp³-hybridized carbons (Fsp3) is 0.316. The van der Waals surface area contributed by atoms with Gasteiger partial charge in [-0.05, 0) is 33.5 Å². The van der Waals surface area contributed by atoms with Gasteiger partial charge in [0.2, 0.25) is 11.8 Å². The first-order chi connectivity index (χ1) is 12.6. The molecule has 138 valence electrons. The zero-order valence-electron chi connectivity index (χ0n) is 14.6. The van der Waals surface area contributed by atoms with E-state index in [1.165, 1.54) is 0 Å². The van der Waals surface area contributed by atoms with E-state index in [-0.39, 0.29) is 34.6 Å². The Hall–Kier alpha value is -2.11. The van der Waals surface area contributed by atoms with Gasteiger partial charge in [0.25, 0.3) is 0 Å². The van der Waals surface area contributed by atoms with E-state index < -0.39 is 11.3 Å². The van der Waals surface area contributed by atoms with Crippen molar-refractivity contribution in [3.05, 3.63) is 49.4 Å². The van der Waals surface area contributed by atoms with E-state index in [4.69, 9.17) is 10.5 Å². The van der Waals surface area contributed by atoms with Gasteiger partial charge in [0.15, 0.2) is 5.78 Å². The van der Waals surface area contributed by atoms with Gasteiger partial charge in [-0.1, -0.05) is 29.8 Å². The highest BCUT2D eigenvalue weighted by atomic mass is 79.9. The number of carbonyl (C=O) groups is 2. The smallest absolute Gasteiger partial charge is 0.245 e. The Bertz CT molecular complexity index is 1050. The lowest BCUT2D eigenvalue weighted by atomic mass is 9.62. The quantitative estimate of drug-likeness (QED) is 0.573. The van der Waals surface area contributed by atoms with E-state index in [2.05, 4.69) is 37.2 Å². The van der Waals surface area contributed by atoms with Crippen LogP contribution >= 0.6 is 31.9 Å². The van der Waals surface area contributed by atoms with Crippen LogP contribution in [-0.2, 0) is 19.7 Å². The van der Waals surface area contributed by atoms with Crippen LogP contribution in [0.2, 0.25) is 0 Å². The second kappa shape index (κ2) is 5.69. The van der Waals surface area contributed by atoms with Crippen LogP contribution in [0.5, 0.6) is 0 Å². The number of anilines is 1. The molecule has 0 radical (unpaired) electrons. The largest absolute Gasteiger partial charge is 0.444 e. The predicted octanol–water partition coefficient (Wildman–Crippen LogP) is 3.77. The molecule has 3 aliphatic rings. The molecule has 0 saturated heterocycles. The van der Waals surface area contributed by atoms with Crippen LogP contribution < -0.4 is 11.1 Å². The maximum absolute atomic E-state index is 13.3. The highest BCUT2D eigenvalue weighted by Gasteiger charge is 2.61. The van der Waals surface area contributed by atoms with Crippen LogP contribution in [-0.4, -0.2) is 11.7 Å². The normalized spacial score (nSPS) is 25.7. The van der Waals surface area contributed by atoms with Crippen molar-refractivity contribution in [3.63, 3.8) is 0 Å². The lowest BCUT2D eigenvalue weighted by Gasteiger charge is -2.41. The van der Waals surface area contributed by atoms with Crippen LogP contribution in [0, 0.1) is 16.7 Å². The summed E-state index contributed by atoms with van der Waals surface area (Å²) in [5.74, 6) is -0.451. The number of Topliss-reactive ketones (excluding diaryl/α,β-unsaturated/α-hetero) is 1. The summed E-state index contributed by atoms with van der Waals surface area (Å²) in [6, 6.07) is 5.55. The molecule has 0 aromatic heterocycles. The summed E-state index contributed by atoms with van der Waals surface area (Å²) in [7, 11) is 0. The minimum absolute atomic E-state index is 0.0597. The predicted molar refractivity (Wildman–Crippen MR) is 105 cm³/mol. The summed E-state index contributed by atoms with van der Waals surface area (Å²) in [4.78, 5) is 26.5. The molecule has 8 heteroatoms. The lowest BCUT2D eigenvalue weighted by molar-refractivity contribution is -0.124. The van der Waals surface area contributed by atoms with E-state index in [1.807, 2.05) is 19.9 Å². The molecular formula is C19H15Br2N3O3. The number of hydrogen-bond donors (Lipinski definition) is 2. The third-order valence-corrected chi connectivity index (χ3v) is 6.30. The fourth-order valence-corrected chi connectivity index (χ4v) is 5.55. The van der Waals surface area contributed by atoms with Crippen molar-refractivity contribution in [2.24, 2.45) is 11.1 Å². The number of ether oxygens (including phenoxy) is 1. The molecule has 1 aromatic rings. The van der Waals surface area contributed by atoms with Crippen LogP contribution in [0.4, 0.5) is 5.69 Å². The average Bonchev–Trinajstić information content (AvgIpc) is 2.80. The van der Waals surface area contributed by atoms with Crippen molar-refractivity contribution in [2.75, 3.05) is 5.32 Å². The molecular weight excluding hydrogens is 478 g/mol. The van der Waals surface area contributed by atoms with Crippen molar-refractivity contribution in [2.45, 2.75) is 32.1 Å². The van der Waals surface area contributed by atoms with Crippen molar-refractivity contribution in [1.29, 1.82) is 5.26 Å². The average molecular weight is 493 g/mol. The maximum atomic E-state index is 13.3. The molecule has 6 nitrogen and oxygen atoms in total. The lowest BCUT2D eigenvalue weighted by Crippen LogP contribution is -2.48. The first-order valence-electron chi connectivity index (χ1n) is 8.28. The first kappa shape index (κ1) is 18.3. The number of fused-ring (bicyclic) bond motifs is 3. The Morgan fingerprint density at radius 3 is 2.63 bits per heavy atom. The number of nitrogens with zero attached hydrogens (tertiary/aromatic N) is 1. The van der Waals surface area contributed by atoms with Gasteiger partial charge in [0, 0.05) is 27.4 Å². The zero-order chi connectivity index (χ0) is 19.7. The van der Waals surface area contributed by atoms with E-state index in [1.54, 1.807) is 12.1 Å². The molecule has 3 N–H and O–H groups in total. The van der Waals surface area contributed by atoms with Crippen LogP contribution in [0.25, 0.3) is 0 Å². The van der Waals surface area contributed by atoms with Gasteiger partial charge in [-0.3, -0.25) is 9.59 Å². The number of nitriles is 1. The number of rotatable bonds is 0. The number of ketones is 1. The summed E-state index contributed by atoms with van der Waals surface area (Å²) in [6.45, 7) is 3.92. The molecule has 4 rings (SSSR count). The zero-order valence-corrected chi connectivity index (χ0v) is 17.7. The van der Waals surface area contributed by atoms with Gasteiger partial charge in [0.05, 0.1) is 11.3 Å². The molecule has 1 amide bonds. The summed E-state index contributed by atoms with van der Waals surface area (Å²) in [5.41, 5.74) is 5.34. The third kappa shape index (κ3) is 2.34. The molecule has 0 fully saturated rings. The summed E-state index contributed by atoms with van der Waals surface area (Å²) in [6.07, 6.45) is 0.709. The summed E-state index contributed by atoms with van der Waals surface area (Å²) >= 11 is 6.88. The molecule has 2 heterocycles. The Kier molecular flexibility index (Phi) is 3.85. The molecule has 27 heavy (non-hydrogen) atoms. The minimum atomic E-state index is -1.60. The van der Waals surface area contributed by atoms with Crippen molar-refractivity contribution < 1.29 is 14.3 Å². The van der Waals surface area contributed by atoms with Gasteiger partial charge in [-0.15, -0.1) is 0 Å². The van der Waals surface area contributed by atoms with Gasteiger partial charge >= 0.3 is 0 Å². The second-order valence-electron chi connectivity index (χ2n) is 7.71. The molecule has 2 aliphatic heterocycles. The molecule has 0 bridgehead atoms. The highest BCUT2D eigenvalue weighted by molar-refractivity contribution is 9.11. The number of allylic oxidation sites excluding steroid dienone is 1. The van der Waals surface area contributed by atoms with E-state index >= 15 is 0 Å². The fourth-order valence-electron chi connectivity index (χ4n) is 4.22. The first-order valence-corrected chi connectivity index (χ1v) is 9.86. The Morgan fingerprint density at radius 2 is 1.96 bits per heavy atom. The van der Waals surface area contributed by atoms with E-state index in [0.717, 1.165) is 0 Å². The number of nitrogens with one attached hydrogen (secondary N) is 1. The molecule has 1 spiro atoms. The highest BCUT2D eigenvalue weighted by Crippen LogP contribution is 2.57. The van der Waals surface area contributed by atoms with Crippen LogP contribution in [0.1, 0.15) is 32.3 Å². The Labute approximate surface area is 172 Å². The van der Waals surface area contributed by atoms with E-state index in [0.29, 0.717) is 32.4 Å². The molecule has 1 unspecified atom stereocenters. The van der Waals surface area contributed by atoms with Gasteiger partial charge in [-0.2, -0.15) is 5.26 Å². The number of nitrogens with two attached hydrogens (primary N) is 1. The van der Waals surface area contributed by atoms with Crippen LogP contribution in [0.15, 0.2) is 43.9 Å². The Morgan fingerprint density at radius 1 is 1.26 bits per heavy atom. The summed E-state index contributed by atoms with van der Waals surface area (Å²) < 4.78 is 7.05. The van der Waals surface area contributed by atoms with Gasteiger partial charge < -0.3 is 15.8 Å². The molecule has 0 saturated carbocycles. The van der Waals surface area contributed by atoms with Crippen molar-refractivity contribution >= 4 is 49.2 Å². The number of hydrogen-bond acceptors (Lipinski definition) is 5. The number of amides is 1. The minimum Gasteiger partial charge on any atom is -0.444 e. The number of carbonyl (C=O) groups excluding carboxylic acids is 2. The Balaban J connectivity index is 2.13. The standard InChI is InChI=1S/C19H15Br2N3O3/c1-18(2)5-12(25)14-13(6-18)27-16(23)10(7-22)19(14)9-3-8(20)4-11(21)15(9)24-17(19)26/h3-4H,5-6,23H2,1-2H3,(H,24,26). The second-order valence-corrected chi connectivity index (χ2v) is 9.48.